The van der Waals surface area contributed by atoms with Crippen LogP contribution in [0.1, 0.15) is 28.8 Å². The normalized spacial score (nSPS) is 15.5. The second-order valence-corrected chi connectivity index (χ2v) is 7.40. The zero-order chi connectivity index (χ0) is 19.1. The predicted molar refractivity (Wildman–Crippen MR) is 109 cm³/mol. The summed E-state index contributed by atoms with van der Waals surface area (Å²) in [6, 6.07) is 17.8. The number of methoxy groups -OCH3 is 1. The molecule has 1 heterocycles. The molecule has 1 fully saturated rings. The highest BCUT2D eigenvalue weighted by atomic mass is 16.5. The summed E-state index contributed by atoms with van der Waals surface area (Å²) < 4.78 is 5.45. The highest BCUT2D eigenvalue weighted by molar-refractivity contribution is 5.93. The van der Waals surface area contributed by atoms with E-state index in [-0.39, 0.29) is 5.91 Å². The molecule has 2 aromatic rings. The first-order chi connectivity index (χ1) is 13.2. The first-order valence-corrected chi connectivity index (χ1v) is 9.82. The summed E-state index contributed by atoms with van der Waals surface area (Å²) >= 11 is 0. The lowest BCUT2D eigenvalue weighted by atomic mass is 9.95. The fourth-order valence-corrected chi connectivity index (χ4v) is 3.85. The summed E-state index contributed by atoms with van der Waals surface area (Å²) in [5, 5.41) is 0. The van der Waals surface area contributed by atoms with Crippen LogP contribution in [0.4, 0.5) is 0 Å². The molecule has 0 aliphatic carbocycles. The second kappa shape index (κ2) is 9.56. The number of rotatable bonds is 7. The van der Waals surface area contributed by atoms with E-state index in [0.29, 0.717) is 5.92 Å². The molecule has 27 heavy (non-hydrogen) atoms. The molecule has 0 atom stereocenters. The molecule has 0 unspecified atom stereocenters. The Morgan fingerprint density at radius 2 is 1.74 bits per heavy atom. The van der Waals surface area contributed by atoms with E-state index in [9.17, 15) is 4.79 Å². The van der Waals surface area contributed by atoms with Gasteiger partial charge in [-0.1, -0.05) is 36.4 Å². The topological polar surface area (TPSA) is 32.8 Å². The van der Waals surface area contributed by atoms with E-state index in [1.807, 2.05) is 54.4 Å². The summed E-state index contributed by atoms with van der Waals surface area (Å²) in [4.78, 5) is 16.9. The van der Waals surface area contributed by atoms with Crippen LogP contribution in [0.5, 0.6) is 5.75 Å². The molecule has 0 radical (unpaired) electrons. The molecule has 4 heteroatoms. The molecular formula is C23H30N2O2. The minimum Gasteiger partial charge on any atom is -0.496 e. The monoisotopic (exact) mass is 366 g/mol. The Kier molecular flexibility index (Phi) is 6.88. The molecule has 0 bridgehead atoms. The molecule has 0 spiro atoms. The Morgan fingerprint density at radius 1 is 1.07 bits per heavy atom. The van der Waals surface area contributed by atoms with Crippen molar-refractivity contribution in [2.24, 2.45) is 5.92 Å². The van der Waals surface area contributed by atoms with Gasteiger partial charge in [-0.05, 0) is 62.0 Å². The van der Waals surface area contributed by atoms with Crippen LogP contribution in [-0.2, 0) is 6.42 Å². The van der Waals surface area contributed by atoms with Crippen LogP contribution in [0.3, 0.4) is 0 Å². The van der Waals surface area contributed by atoms with Gasteiger partial charge in [0, 0.05) is 25.7 Å². The standard InChI is InChI=1S/C23H30N2O2/c1-24(23(26)21-9-4-3-5-10-21)18-19-12-15-25(16-13-19)17-14-20-8-6-7-11-22(20)27-2/h3-11,19H,12-18H2,1-2H3. The summed E-state index contributed by atoms with van der Waals surface area (Å²) in [5.74, 6) is 1.69. The molecule has 1 aliphatic rings. The van der Waals surface area contributed by atoms with Crippen molar-refractivity contribution < 1.29 is 9.53 Å². The number of hydrogen-bond acceptors (Lipinski definition) is 3. The Hall–Kier alpha value is -2.33. The van der Waals surface area contributed by atoms with Gasteiger partial charge in [0.25, 0.3) is 5.91 Å². The van der Waals surface area contributed by atoms with Crippen LogP contribution < -0.4 is 4.74 Å². The fraction of sp³-hybridized carbons (Fsp3) is 0.435. The van der Waals surface area contributed by atoms with Crippen molar-refractivity contribution in [2.75, 3.05) is 40.3 Å². The maximum Gasteiger partial charge on any atom is 0.253 e. The largest absolute Gasteiger partial charge is 0.496 e. The lowest BCUT2D eigenvalue weighted by molar-refractivity contribution is 0.0740. The lowest BCUT2D eigenvalue weighted by Gasteiger charge is -2.34. The van der Waals surface area contributed by atoms with Gasteiger partial charge in [0.05, 0.1) is 7.11 Å². The minimum atomic E-state index is 0.120. The number of benzene rings is 2. The highest BCUT2D eigenvalue weighted by Gasteiger charge is 2.22. The zero-order valence-corrected chi connectivity index (χ0v) is 16.4. The molecule has 3 rings (SSSR count). The zero-order valence-electron chi connectivity index (χ0n) is 16.4. The Morgan fingerprint density at radius 3 is 2.44 bits per heavy atom. The van der Waals surface area contributed by atoms with Gasteiger partial charge in [-0.15, -0.1) is 0 Å². The van der Waals surface area contributed by atoms with Crippen molar-refractivity contribution in [1.29, 1.82) is 0 Å². The van der Waals surface area contributed by atoms with Crippen molar-refractivity contribution in [2.45, 2.75) is 19.3 Å². The molecule has 2 aromatic carbocycles. The van der Waals surface area contributed by atoms with Gasteiger partial charge in [-0.25, -0.2) is 0 Å². The lowest BCUT2D eigenvalue weighted by Crippen LogP contribution is -2.40. The first-order valence-electron chi connectivity index (χ1n) is 9.82. The fourth-order valence-electron chi connectivity index (χ4n) is 3.85. The smallest absolute Gasteiger partial charge is 0.253 e. The molecule has 0 saturated carbocycles. The van der Waals surface area contributed by atoms with Gasteiger partial charge in [0.2, 0.25) is 0 Å². The van der Waals surface area contributed by atoms with E-state index in [4.69, 9.17) is 4.74 Å². The number of ether oxygens (including phenoxy) is 1. The number of hydrogen-bond donors (Lipinski definition) is 0. The third-order valence-electron chi connectivity index (χ3n) is 5.50. The number of piperidine rings is 1. The van der Waals surface area contributed by atoms with Crippen LogP contribution in [0.25, 0.3) is 0 Å². The van der Waals surface area contributed by atoms with E-state index in [1.54, 1.807) is 7.11 Å². The van der Waals surface area contributed by atoms with Crippen molar-refractivity contribution in [3.63, 3.8) is 0 Å². The number of carbonyl (C=O) groups excluding carboxylic acids is 1. The van der Waals surface area contributed by atoms with Crippen LogP contribution in [0, 0.1) is 5.92 Å². The van der Waals surface area contributed by atoms with Crippen molar-refractivity contribution >= 4 is 5.91 Å². The van der Waals surface area contributed by atoms with Crippen LogP contribution >= 0.6 is 0 Å². The molecule has 1 aliphatic heterocycles. The molecule has 144 valence electrons. The first kappa shape index (κ1) is 19.4. The summed E-state index contributed by atoms with van der Waals surface area (Å²) in [6.45, 7) is 4.11. The van der Waals surface area contributed by atoms with Crippen molar-refractivity contribution in [3.05, 3.63) is 65.7 Å². The molecule has 0 N–H and O–H groups in total. The summed E-state index contributed by atoms with van der Waals surface area (Å²) in [5.41, 5.74) is 2.05. The molecule has 1 amide bonds. The average molecular weight is 367 g/mol. The maximum atomic E-state index is 12.5. The van der Waals surface area contributed by atoms with Crippen LogP contribution in [-0.4, -0.2) is 56.0 Å². The quantitative estimate of drug-likeness (QED) is 0.749. The average Bonchev–Trinajstić information content (AvgIpc) is 2.73. The van der Waals surface area contributed by atoms with Gasteiger partial charge in [-0.3, -0.25) is 4.79 Å². The molecular weight excluding hydrogens is 336 g/mol. The number of likely N-dealkylation sites (tertiary alicyclic amines) is 1. The number of nitrogens with zero attached hydrogens (tertiary/aromatic N) is 2. The van der Waals surface area contributed by atoms with Gasteiger partial charge >= 0.3 is 0 Å². The van der Waals surface area contributed by atoms with Gasteiger partial charge in [0.15, 0.2) is 0 Å². The Balaban J connectivity index is 1.43. The van der Waals surface area contributed by atoms with E-state index in [1.165, 1.54) is 5.56 Å². The van der Waals surface area contributed by atoms with Crippen LogP contribution in [0.2, 0.25) is 0 Å². The van der Waals surface area contributed by atoms with Crippen LogP contribution in [0.15, 0.2) is 54.6 Å². The third kappa shape index (κ3) is 5.33. The summed E-state index contributed by atoms with van der Waals surface area (Å²) in [7, 11) is 3.65. The number of carbonyl (C=O) groups is 1. The van der Waals surface area contributed by atoms with E-state index in [0.717, 1.165) is 56.8 Å². The Bertz CT molecular complexity index is 724. The van der Waals surface area contributed by atoms with Gasteiger partial charge < -0.3 is 14.5 Å². The third-order valence-corrected chi connectivity index (χ3v) is 5.50. The van der Waals surface area contributed by atoms with Crippen molar-refractivity contribution in [1.82, 2.24) is 9.80 Å². The maximum absolute atomic E-state index is 12.5. The summed E-state index contributed by atoms with van der Waals surface area (Å²) in [6.07, 6.45) is 3.32. The van der Waals surface area contributed by atoms with Gasteiger partial charge in [0.1, 0.15) is 5.75 Å². The number of para-hydroxylation sites is 1. The second-order valence-electron chi connectivity index (χ2n) is 7.40. The predicted octanol–water partition coefficient (Wildman–Crippen LogP) is 3.72. The SMILES string of the molecule is COc1ccccc1CCN1CCC(CN(C)C(=O)c2ccccc2)CC1. The highest BCUT2D eigenvalue weighted by Crippen LogP contribution is 2.21. The Labute approximate surface area is 162 Å². The van der Waals surface area contributed by atoms with E-state index in [2.05, 4.69) is 17.0 Å². The minimum absolute atomic E-state index is 0.120. The van der Waals surface area contributed by atoms with E-state index >= 15 is 0 Å². The molecule has 4 nitrogen and oxygen atoms in total. The molecule has 0 aromatic heterocycles. The van der Waals surface area contributed by atoms with Crippen molar-refractivity contribution in [3.8, 4) is 5.75 Å². The van der Waals surface area contributed by atoms with E-state index < -0.39 is 0 Å². The number of amides is 1. The molecule has 1 saturated heterocycles. The van der Waals surface area contributed by atoms with Gasteiger partial charge in [-0.2, -0.15) is 0 Å².